The molecule has 2 aliphatic rings. The lowest BCUT2D eigenvalue weighted by Crippen LogP contribution is -2.10. The van der Waals surface area contributed by atoms with E-state index in [0.717, 1.165) is 43.9 Å². The number of hydrogen-bond acceptors (Lipinski definition) is 0. The van der Waals surface area contributed by atoms with Gasteiger partial charge in [0, 0.05) is 43.9 Å². The smallest absolute Gasteiger partial charge is 0.0405 e. The van der Waals surface area contributed by atoms with Crippen LogP contribution in [0.5, 0.6) is 0 Å². The van der Waals surface area contributed by atoms with Gasteiger partial charge in [-0.05, 0) is 72.9 Å². The predicted octanol–water partition coefficient (Wildman–Crippen LogP) is 0.925. The van der Waals surface area contributed by atoms with E-state index >= 15 is 0 Å². The van der Waals surface area contributed by atoms with Gasteiger partial charge in [-0.15, -0.1) is 5.73 Å². The van der Waals surface area contributed by atoms with E-state index in [4.69, 9.17) is 0 Å². The van der Waals surface area contributed by atoms with Crippen LogP contribution in [0.25, 0.3) is 24.3 Å². The molecule has 114 valence electrons. The van der Waals surface area contributed by atoms with E-state index in [1.165, 1.54) is 0 Å². The first-order chi connectivity index (χ1) is 11.8. The Morgan fingerprint density at radius 3 is 1.46 bits per heavy atom. The Balaban J connectivity index is 1.81. The monoisotopic (exact) mass is 309 g/mol. The van der Waals surface area contributed by atoms with Crippen LogP contribution in [0.3, 0.4) is 0 Å². The molecule has 3 nitrogen and oxygen atoms in total. The van der Waals surface area contributed by atoms with Gasteiger partial charge in [-0.1, -0.05) is 0 Å². The van der Waals surface area contributed by atoms with E-state index in [1.807, 2.05) is 0 Å². The molecular weight excluding hydrogens is 294 g/mol. The molecule has 0 radical (unpaired) electrons. The van der Waals surface area contributed by atoms with E-state index in [0.29, 0.717) is 0 Å². The van der Waals surface area contributed by atoms with Gasteiger partial charge in [-0.2, -0.15) is 0 Å². The maximum absolute atomic E-state index is 3.42. The van der Waals surface area contributed by atoms with Crippen molar-refractivity contribution in [3.8, 4) is 0 Å². The molecule has 5 rings (SSSR count). The average molecular weight is 309 g/mol. The van der Waals surface area contributed by atoms with Gasteiger partial charge in [-0.3, -0.25) is 0 Å². The number of rotatable bonds is 0. The van der Waals surface area contributed by atoms with Crippen LogP contribution < -0.4 is 21.4 Å². The molecule has 24 heavy (non-hydrogen) atoms. The van der Waals surface area contributed by atoms with E-state index in [9.17, 15) is 0 Å². The minimum atomic E-state index is 1.07. The first kappa shape index (κ1) is 13.1. The zero-order chi connectivity index (χ0) is 15.9. The van der Waals surface area contributed by atoms with Crippen LogP contribution in [0.4, 0.5) is 0 Å². The summed E-state index contributed by atoms with van der Waals surface area (Å²) in [6.07, 6.45) is 12.6. The molecule has 3 heteroatoms. The summed E-state index contributed by atoms with van der Waals surface area (Å²) in [7, 11) is 0. The summed E-state index contributed by atoms with van der Waals surface area (Å²) in [5.41, 5.74) is 7.70. The van der Waals surface area contributed by atoms with Crippen molar-refractivity contribution in [2.75, 3.05) is 0 Å². The molecule has 3 aromatic heterocycles. The number of nitrogens with one attached hydrogen (secondary N) is 3. The zero-order valence-electron chi connectivity index (χ0n) is 12.9. The summed E-state index contributed by atoms with van der Waals surface area (Å²) < 4.78 is 0. The lowest BCUT2D eigenvalue weighted by atomic mass is 10.3. The Hall–Kier alpha value is -3.42. The van der Waals surface area contributed by atoms with E-state index in [-0.39, 0.29) is 0 Å². The molecule has 8 bridgehead atoms. The van der Waals surface area contributed by atoms with Crippen molar-refractivity contribution in [3.05, 3.63) is 98.2 Å². The lowest BCUT2D eigenvalue weighted by Gasteiger charge is -1.87. The maximum atomic E-state index is 3.42. The second kappa shape index (κ2) is 5.05. The number of aromatic amines is 3. The summed E-state index contributed by atoms with van der Waals surface area (Å²) in [5, 5.41) is 4.29. The SMILES string of the molecule is C1=C2C=CC=1/C=c1/cc/c([nH]1)=C/c1ccc([nH]1)/C=c1/cc/c([nH]1)=C/2. The van der Waals surface area contributed by atoms with Gasteiger partial charge >= 0.3 is 0 Å². The van der Waals surface area contributed by atoms with Gasteiger partial charge in [0.25, 0.3) is 0 Å². The number of fused-ring (bicyclic) bond motifs is 6. The zero-order valence-corrected chi connectivity index (χ0v) is 12.9. The van der Waals surface area contributed by atoms with E-state index in [2.05, 4.69) is 93.5 Å². The molecule has 0 aromatic carbocycles. The molecule has 0 atom stereocenters. The molecular formula is C21H15N3. The van der Waals surface area contributed by atoms with Crippen LogP contribution in [-0.2, 0) is 0 Å². The molecule has 3 aromatic rings. The van der Waals surface area contributed by atoms with E-state index < -0.39 is 0 Å². The normalized spacial score (nSPS) is 20.5. The van der Waals surface area contributed by atoms with Crippen LogP contribution in [0, 0.1) is 0 Å². The maximum Gasteiger partial charge on any atom is 0.0405 e. The summed E-state index contributed by atoms with van der Waals surface area (Å²) >= 11 is 0. The van der Waals surface area contributed by atoms with Crippen molar-refractivity contribution in [2.24, 2.45) is 0 Å². The Morgan fingerprint density at radius 1 is 0.500 bits per heavy atom. The van der Waals surface area contributed by atoms with Crippen LogP contribution >= 0.6 is 0 Å². The van der Waals surface area contributed by atoms with Crippen molar-refractivity contribution in [3.63, 3.8) is 0 Å². The number of aromatic nitrogens is 3. The largest absolute Gasteiger partial charge is 0.355 e. The highest BCUT2D eigenvalue weighted by molar-refractivity contribution is 5.64. The van der Waals surface area contributed by atoms with Gasteiger partial charge in [0.1, 0.15) is 0 Å². The van der Waals surface area contributed by atoms with Crippen molar-refractivity contribution >= 4 is 24.3 Å². The first-order valence-corrected chi connectivity index (χ1v) is 7.95. The lowest BCUT2D eigenvalue weighted by molar-refractivity contribution is 1.24. The Labute approximate surface area is 138 Å². The van der Waals surface area contributed by atoms with Crippen LogP contribution in [0.15, 0.2) is 65.4 Å². The predicted molar refractivity (Wildman–Crippen MR) is 96.6 cm³/mol. The fourth-order valence-corrected chi connectivity index (χ4v) is 3.06. The van der Waals surface area contributed by atoms with Crippen LogP contribution in [0.1, 0.15) is 11.4 Å². The molecule has 3 N–H and O–H groups in total. The van der Waals surface area contributed by atoms with Gasteiger partial charge in [0.15, 0.2) is 0 Å². The summed E-state index contributed by atoms with van der Waals surface area (Å²) in [6, 6.07) is 12.5. The minimum Gasteiger partial charge on any atom is -0.355 e. The Bertz CT molecular complexity index is 1180. The van der Waals surface area contributed by atoms with Gasteiger partial charge in [-0.25, -0.2) is 0 Å². The van der Waals surface area contributed by atoms with Crippen molar-refractivity contribution in [2.45, 2.75) is 0 Å². The highest BCUT2D eigenvalue weighted by Crippen LogP contribution is 2.11. The highest BCUT2D eigenvalue weighted by Gasteiger charge is 1.99. The summed E-state index contributed by atoms with van der Waals surface area (Å²) in [5.74, 6) is 0. The quantitative estimate of drug-likeness (QED) is 0.517. The van der Waals surface area contributed by atoms with Gasteiger partial charge < -0.3 is 15.0 Å². The molecule has 4 heterocycles. The fourth-order valence-electron chi connectivity index (χ4n) is 3.06. The van der Waals surface area contributed by atoms with Crippen LogP contribution in [-0.4, -0.2) is 15.0 Å². The minimum absolute atomic E-state index is 1.07. The Kier molecular flexibility index (Phi) is 2.75. The van der Waals surface area contributed by atoms with E-state index in [1.54, 1.807) is 0 Å². The van der Waals surface area contributed by atoms with Crippen molar-refractivity contribution in [1.82, 2.24) is 15.0 Å². The summed E-state index contributed by atoms with van der Waals surface area (Å²) in [6.45, 7) is 0. The van der Waals surface area contributed by atoms with Gasteiger partial charge in [0.05, 0.1) is 0 Å². The van der Waals surface area contributed by atoms with Crippen molar-refractivity contribution < 1.29 is 0 Å². The third-order valence-corrected chi connectivity index (χ3v) is 4.17. The number of H-pyrrole nitrogens is 3. The van der Waals surface area contributed by atoms with Crippen LogP contribution in [0.2, 0.25) is 0 Å². The molecule has 0 unspecified atom stereocenters. The average Bonchev–Trinajstić information content (AvgIpc) is 3.32. The number of hydrogen-bond donors (Lipinski definition) is 3. The summed E-state index contributed by atoms with van der Waals surface area (Å²) in [4.78, 5) is 10.2. The second-order valence-corrected chi connectivity index (χ2v) is 6.05. The molecule has 0 saturated carbocycles. The second-order valence-electron chi connectivity index (χ2n) is 6.05. The standard InChI is InChI=1S/C21H15N3/c1-2-15-9-14(1)10-16-3-5-18(22-16)12-20-7-8-21(24-20)13-19-6-4-17(11-15)23-19/h1-8,10-13,22-24H/b16-10-,17-11-,18-12-,19-13-. The molecule has 0 amide bonds. The third kappa shape index (κ3) is 2.43. The topological polar surface area (TPSA) is 47.4 Å². The molecule has 1 aliphatic carbocycles. The number of allylic oxidation sites excluding steroid dienone is 3. The molecule has 0 spiro atoms. The van der Waals surface area contributed by atoms with Gasteiger partial charge in [0.2, 0.25) is 0 Å². The third-order valence-electron chi connectivity index (χ3n) is 4.17. The molecule has 1 aliphatic heterocycles. The first-order valence-electron chi connectivity index (χ1n) is 7.95. The molecule has 0 fully saturated rings. The Morgan fingerprint density at radius 2 is 0.958 bits per heavy atom. The fraction of sp³-hybridized carbons (Fsp3) is 0. The van der Waals surface area contributed by atoms with Crippen molar-refractivity contribution in [1.29, 1.82) is 0 Å². The highest BCUT2D eigenvalue weighted by atomic mass is 14.7. The molecule has 0 saturated heterocycles.